The third-order valence-corrected chi connectivity index (χ3v) is 5.94. The number of pyridine rings is 1. The summed E-state index contributed by atoms with van der Waals surface area (Å²) in [6.07, 6.45) is 12.3. The zero-order valence-corrected chi connectivity index (χ0v) is 18.7. The number of fused-ring (bicyclic) bond motifs is 1. The van der Waals surface area contributed by atoms with E-state index in [2.05, 4.69) is 50.5 Å². The standard InChI is InChI=1S/C24H28N6O3/c1-28-10-12-29(13-11-28)15-23(31)26-24-25-22-9-5-8-20(30(22)27-24)21-17-32-16-19(33-21)14-18-6-3-2-4-7-18/h2-3,5-6,8-9,16-17H,4,7,10-15H2,1H3,(H,26,27,31). The summed E-state index contributed by atoms with van der Waals surface area (Å²) in [6.45, 7) is 4.01. The van der Waals surface area contributed by atoms with Crippen LogP contribution in [0, 0.1) is 0 Å². The second kappa shape index (κ2) is 9.60. The highest BCUT2D eigenvalue weighted by Crippen LogP contribution is 2.29. The molecule has 4 heterocycles. The van der Waals surface area contributed by atoms with E-state index in [0.717, 1.165) is 44.8 Å². The summed E-state index contributed by atoms with van der Waals surface area (Å²) < 4.78 is 13.4. The van der Waals surface area contributed by atoms with E-state index in [1.807, 2.05) is 18.2 Å². The van der Waals surface area contributed by atoms with Crippen molar-refractivity contribution in [2.75, 3.05) is 45.1 Å². The maximum Gasteiger partial charge on any atom is 0.249 e. The van der Waals surface area contributed by atoms with E-state index in [1.54, 1.807) is 17.0 Å². The Hall–Kier alpha value is -3.43. The molecule has 5 rings (SSSR count). The van der Waals surface area contributed by atoms with Crippen molar-refractivity contribution in [3.63, 3.8) is 0 Å². The summed E-state index contributed by atoms with van der Waals surface area (Å²) in [5.41, 5.74) is 2.61. The van der Waals surface area contributed by atoms with Crippen molar-refractivity contribution in [2.45, 2.75) is 19.3 Å². The fraction of sp³-hybridized carbons (Fsp3) is 0.375. The van der Waals surface area contributed by atoms with Crippen LogP contribution in [0.3, 0.4) is 0 Å². The highest BCUT2D eigenvalue weighted by atomic mass is 16.5. The molecule has 0 spiro atoms. The summed E-state index contributed by atoms with van der Waals surface area (Å²) in [6, 6.07) is 5.61. The van der Waals surface area contributed by atoms with Gasteiger partial charge in [0.1, 0.15) is 24.0 Å². The quantitative estimate of drug-likeness (QED) is 0.727. The Morgan fingerprint density at radius 2 is 2.06 bits per heavy atom. The van der Waals surface area contributed by atoms with Crippen LogP contribution < -0.4 is 5.32 Å². The number of allylic oxidation sites excluding steroid dienone is 4. The van der Waals surface area contributed by atoms with Gasteiger partial charge in [-0.25, -0.2) is 4.52 Å². The van der Waals surface area contributed by atoms with Gasteiger partial charge < -0.3 is 14.4 Å². The number of likely N-dealkylation sites (N-methyl/N-ethyl adjacent to an activating group) is 1. The molecule has 3 aliphatic rings. The van der Waals surface area contributed by atoms with Crippen molar-refractivity contribution in [3.8, 4) is 0 Å². The van der Waals surface area contributed by atoms with Gasteiger partial charge in [0.2, 0.25) is 11.9 Å². The number of amides is 1. The number of ether oxygens (including phenoxy) is 2. The molecule has 1 amide bonds. The Labute approximate surface area is 192 Å². The van der Waals surface area contributed by atoms with E-state index >= 15 is 0 Å². The number of nitrogens with one attached hydrogen (secondary N) is 1. The Morgan fingerprint density at radius 3 is 2.88 bits per heavy atom. The van der Waals surface area contributed by atoms with E-state index < -0.39 is 0 Å². The van der Waals surface area contributed by atoms with Gasteiger partial charge >= 0.3 is 0 Å². The number of hydrogen-bond acceptors (Lipinski definition) is 7. The number of carbonyl (C=O) groups excluding carboxylic acids is 1. The first-order chi connectivity index (χ1) is 16.1. The van der Waals surface area contributed by atoms with Crippen molar-refractivity contribution in [2.24, 2.45) is 0 Å². The number of carbonyl (C=O) groups is 1. The number of rotatable bonds is 6. The highest BCUT2D eigenvalue weighted by molar-refractivity contribution is 5.90. The summed E-state index contributed by atoms with van der Waals surface area (Å²) in [5.74, 6) is 1.44. The van der Waals surface area contributed by atoms with Gasteiger partial charge in [0.15, 0.2) is 11.4 Å². The van der Waals surface area contributed by atoms with Crippen LogP contribution in [0.4, 0.5) is 5.95 Å². The third kappa shape index (κ3) is 5.15. The van der Waals surface area contributed by atoms with Crippen molar-refractivity contribution >= 4 is 23.3 Å². The smallest absolute Gasteiger partial charge is 0.249 e. The van der Waals surface area contributed by atoms with Gasteiger partial charge in [-0.05, 0) is 32.0 Å². The molecule has 33 heavy (non-hydrogen) atoms. The molecule has 9 heteroatoms. The van der Waals surface area contributed by atoms with E-state index in [1.165, 1.54) is 5.57 Å². The molecule has 9 nitrogen and oxygen atoms in total. The Kier molecular flexibility index (Phi) is 6.23. The topological polar surface area (TPSA) is 84.2 Å². The molecule has 1 saturated heterocycles. The predicted octanol–water partition coefficient (Wildman–Crippen LogP) is 2.77. The van der Waals surface area contributed by atoms with Crippen molar-refractivity contribution in [3.05, 3.63) is 66.0 Å². The van der Waals surface area contributed by atoms with Crippen LogP contribution in [0.1, 0.15) is 25.0 Å². The number of piperazine rings is 1. The van der Waals surface area contributed by atoms with Crippen LogP contribution in [-0.4, -0.2) is 70.1 Å². The average molecular weight is 449 g/mol. The SMILES string of the molecule is CN1CCN(CC(=O)Nc2nc3cccc(C4=COC=C(CC5=CC=CCC5)O4)n3n2)CC1. The van der Waals surface area contributed by atoms with Gasteiger partial charge in [0, 0.05) is 32.6 Å². The first-order valence-corrected chi connectivity index (χ1v) is 11.3. The summed E-state index contributed by atoms with van der Waals surface area (Å²) >= 11 is 0. The summed E-state index contributed by atoms with van der Waals surface area (Å²) in [4.78, 5) is 21.4. The molecule has 0 atom stereocenters. The van der Waals surface area contributed by atoms with Crippen LogP contribution in [0.5, 0.6) is 0 Å². The molecule has 1 N–H and O–H groups in total. The third-order valence-electron chi connectivity index (χ3n) is 5.94. The van der Waals surface area contributed by atoms with Crippen LogP contribution in [0.25, 0.3) is 11.4 Å². The van der Waals surface area contributed by atoms with Crippen LogP contribution in [-0.2, 0) is 14.3 Å². The Morgan fingerprint density at radius 1 is 1.18 bits per heavy atom. The highest BCUT2D eigenvalue weighted by Gasteiger charge is 2.20. The fourth-order valence-electron chi connectivity index (χ4n) is 4.09. The second-order valence-electron chi connectivity index (χ2n) is 8.52. The molecule has 0 unspecified atom stereocenters. The predicted molar refractivity (Wildman–Crippen MR) is 125 cm³/mol. The maximum absolute atomic E-state index is 12.5. The molecule has 172 valence electrons. The molecule has 1 aliphatic carbocycles. The van der Waals surface area contributed by atoms with Crippen molar-refractivity contribution < 1.29 is 14.3 Å². The molecule has 0 bridgehead atoms. The first kappa shape index (κ1) is 21.4. The van der Waals surface area contributed by atoms with E-state index in [0.29, 0.717) is 30.1 Å². The molecule has 2 aliphatic heterocycles. The monoisotopic (exact) mass is 448 g/mol. The van der Waals surface area contributed by atoms with Gasteiger partial charge in [0.25, 0.3) is 0 Å². The second-order valence-corrected chi connectivity index (χ2v) is 8.52. The number of anilines is 1. The normalized spacial score (nSPS) is 19.4. The maximum atomic E-state index is 12.5. The minimum absolute atomic E-state index is 0.117. The van der Waals surface area contributed by atoms with Gasteiger partial charge in [0.05, 0.1) is 6.54 Å². The molecule has 0 saturated carbocycles. The minimum Gasteiger partial charge on any atom is -0.465 e. The molecular formula is C24H28N6O3. The molecule has 0 aromatic carbocycles. The minimum atomic E-state index is -0.117. The van der Waals surface area contributed by atoms with E-state index in [4.69, 9.17) is 9.47 Å². The van der Waals surface area contributed by atoms with E-state index in [-0.39, 0.29) is 11.9 Å². The van der Waals surface area contributed by atoms with Gasteiger partial charge in [-0.2, -0.15) is 4.98 Å². The van der Waals surface area contributed by atoms with Crippen molar-refractivity contribution in [1.29, 1.82) is 0 Å². The molecule has 0 radical (unpaired) electrons. The largest absolute Gasteiger partial charge is 0.465 e. The Balaban J connectivity index is 1.27. The molecule has 2 aromatic heterocycles. The van der Waals surface area contributed by atoms with Gasteiger partial charge in [-0.1, -0.05) is 29.9 Å². The lowest BCUT2D eigenvalue weighted by Crippen LogP contribution is -2.47. The molecule has 2 aromatic rings. The average Bonchev–Trinajstić information content (AvgIpc) is 3.24. The molecular weight excluding hydrogens is 420 g/mol. The number of nitrogens with zero attached hydrogens (tertiary/aromatic N) is 5. The van der Waals surface area contributed by atoms with Gasteiger partial charge in [-0.15, -0.1) is 5.10 Å². The van der Waals surface area contributed by atoms with Crippen LogP contribution >= 0.6 is 0 Å². The summed E-state index contributed by atoms with van der Waals surface area (Å²) in [7, 11) is 2.09. The molecule has 1 fully saturated rings. The zero-order chi connectivity index (χ0) is 22.6. The fourth-order valence-corrected chi connectivity index (χ4v) is 4.09. The van der Waals surface area contributed by atoms with Crippen LogP contribution in [0.2, 0.25) is 0 Å². The first-order valence-electron chi connectivity index (χ1n) is 11.3. The number of aromatic nitrogens is 3. The van der Waals surface area contributed by atoms with E-state index in [9.17, 15) is 4.79 Å². The lowest BCUT2D eigenvalue weighted by atomic mass is 10.0. The van der Waals surface area contributed by atoms with Gasteiger partial charge in [-0.3, -0.25) is 15.0 Å². The Bertz CT molecular complexity index is 1150. The lowest BCUT2D eigenvalue weighted by molar-refractivity contribution is -0.117. The summed E-state index contributed by atoms with van der Waals surface area (Å²) in [5, 5.41) is 7.33. The lowest BCUT2D eigenvalue weighted by Gasteiger charge is -2.31. The number of hydrogen-bond donors (Lipinski definition) is 1. The van der Waals surface area contributed by atoms with Crippen molar-refractivity contribution in [1.82, 2.24) is 24.4 Å². The van der Waals surface area contributed by atoms with Crippen LogP contribution in [0.15, 0.2) is 60.3 Å². The zero-order valence-electron chi connectivity index (χ0n) is 18.7.